The number of rotatable bonds is 6. The van der Waals surface area contributed by atoms with Crippen LogP contribution in [0.15, 0.2) is 23.6 Å². The predicted molar refractivity (Wildman–Crippen MR) is 123 cm³/mol. The molecule has 31 heavy (non-hydrogen) atoms. The second kappa shape index (κ2) is 9.74. The summed E-state index contributed by atoms with van der Waals surface area (Å²) in [5.74, 6) is 0.410. The Labute approximate surface area is 186 Å². The summed E-state index contributed by atoms with van der Waals surface area (Å²) in [6.07, 6.45) is 5.63. The molecule has 1 N–H and O–H groups in total. The molecule has 2 fully saturated rings. The zero-order valence-electron chi connectivity index (χ0n) is 17.9. The Morgan fingerprint density at radius 3 is 2.68 bits per heavy atom. The first-order valence-corrected chi connectivity index (χ1v) is 11.9. The molecule has 0 unspecified atom stereocenters. The zero-order valence-corrected chi connectivity index (χ0v) is 18.7. The van der Waals surface area contributed by atoms with E-state index in [4.69, 9.17) is 0 Å². The molecule has 3 heterocycles. The van der Waals surface area contributed by atoms with E-state index in [1.165, 1.54) is 30.2 Å². The molecule has 2 saturated heterocycles. The number of hydrogen-bond donors (Lipinski definition) is 1. The Balaban J connectivity index is 1.42. The van der Waals surface area contributed by atoms with Gasteiger partial charge < -0.3 is 4.90 Å². The largest absolute Gasteiger partial charge is 0.366 e. The number of nitro benzene ring substituents is 1. The second-order valence-corrected chi connectivity index (χ2v) is 9.42. The molecule has 0 saturated carbocycles. The SMILES string of the molecule is CC1CCN(Cc2csc(NC(=O)c3ccc(N4CCCCC4)c([N+](=O)[O-])c3)n2)CC1. The monoisotopic (exact) mass is 443 g/mol. The minimum atomic E-state index is -0.401. The van der Waals surface area contributed by atoms with Crippen molar-refractivity contribution in [3.8, 4) is 0 Å². The Bertz CT molecular complexity index is 933. The van der Waals surface area contributed by atoms with Gasteiger partial charge in [0.1, 0.15) is 5.69 Å². The van der Waals surface area contributed by atoms with Crippen LogP contribution in [-0.2, 0) is 6.54 Å². The van der Waals surface area contributed by atoms with Gasteiger partial charge in [-0.1, -0.05) is 6.92 Å². The summed E-state index contributed by atoms with van der Waals surface area (Å²) >= 11 is 1.39. The van der Waals surface area contributed by atoms with Crippen LogP contribution >= 0.6 is 11.3 Å². The molecule has 0 bridgehead atoms. The van der Waals surface area contributed by atoms with Gasteiger partial charge in [0.2, 0.25) is 0 Å². The van der Waals surface area contributed by atoms with E-state index in [2.05, 4.69) is 22.1 Å². The van der Waals surface area contributed by atoms with Gasteiger partial charge >= 0.3 is 0 Å². The number of nitro groups is 1. The van der Waals surface area contributed by atoms with Crippen molar-refractivity contribution in [3.63, 3.8) is 0 Å². The van der Waals surface area contributed by atoms with E-state index in [0.717, 1.165) is 63.6 Å². The van der Waals surface area contributed by atoms with Gasteiger partial charge in [0, 0.05) is 36.6 Å². The number of nitrogens with one attached hydrogen (secondary N) is 1. The molecular formula is C22H29N5O3S. The standard InChI is InChI=1S/C22H29N5O3S/c1-16-7-11-25(12-8-16)14-18-15-31-22(23-18)24-21(28)17-5-6-19(20(13-17)27(29)30)26-9-3-2-4-10-26/h5-6,13,15-16H,2-4,7-12,14H2,1H3,(H,23,24,28). The average Bonchev–Trinajstić information content (AvgIpc) is 3.22. The normalized spacial score (nSPS) is 18.2. The smallest absolute Gasteiger partial charge is 0.293 e. The third-order valence-electron chi connectivity index (χ3n) is 6.17. The first kappa shape index (κ1) is 21.7. The van der Waals surface area contributed by atoms with E-state index in [1.807, 2.05) is 10.3 Å². The lowest BCUT2D eigenvalue weighted by Crippen LogP contribution is -2.32. The minimum absolute atomic E-state index is 0.0197. The minimum Gasteiger partial charge on any atom is -0.366 e. The number of likely N-dealkylation sites (tertiary alicyclic amines) is 1. The maximum absolute atomic E-state index is 12.7. The Morgan fingerprint density at radius 1 is 1.23 bits per heavy atom. The van der Waals surface area contributed by atoms with E-state index in [9.17, 15) is 14.9 Å². The van der Waals surface area contributed by atoms with Crippen LogP contribution in [-0.4, -0.2) is 46.9 Å². The van der Waals surface area contributed by atoms with E-state index in [1.54, 1.807) is 12.1 Å². The number of hydrogen-bond acceptors (Lipinski definition) is 7. The van der Waals surface area contributed by atoms with Gasteiger partial charge in [-0.2, -0.15) is 0 Å². The fourth-order valence-electron chi connectivity index (χ4n) is 4.27. The van der Waals surface area contributed by atoms with E-state index in [-0.39, 0.29) is 17.2 Å². The summed E-state index contributed by atoms with van der Waals surface area (Å²) in [6.45, 7) is 6.85. The predicted octanol–water partition coefficient (Wildman–Crippen LogP) is 4.53. The molecule has 0 atom stereocenters. The van der Waals surface area contributed by atoms with Crippen LogP contribution in [0.3, 0.4) is 0 Å². The first-order chi connectivity index (χ1) is 15.0. The van der Waals surface area contributed by atoms with Gasteiger partial charge in [-0.3, -0.25) is 25.1 Å². The van der Waals surface area contributed by atoms with Gasteiger partial charge in [0.25, 0.3) is 11.6 Å². The van der Waals surface area contributed by atoms with Crippen molar-refractivity contribution >= 4 is 33.8 Å². The summed E-state index contributed by atoms with van der Waals surface area (Å²) in [5, 5.41) is 16.9. The first-order valence-electron chi connectivity index (χ1n) is 11.0. The Kier molecular flexibility index (Phi) is 6.82. The molecule has 9 heteroatoms. The molecule has 166 valence electrons. The van der Waals surface area contributed by atoms with Gasteiger partial charge in [-0.05, 0) is 63.2 Å². The van der Waals surface area contributed by atoms with Crippen LogP contribution in [0.4, 0.5) is 16.5 Å². The number of carbonyl (C=O) groups excluding carboxylic acids is 1. The number of thiazole rings is 1. The van der Waals surface area contributed by atoms with Crippen molar-refractivity contribution in [1.82, 2.24) is 9.88 Å². The quantitative estimate of drug-likeness (QED) is 0.521. The van der Waals surface area contributed by atoms with Crippen LogP contribution in [0, 0.1) is 16.0 Å². The highest BCUT2D eigenvalue weighted by Crippen LogP contribution is 2.31. The van der Waals surface area contributed by atoms with E-state index >= 15 is 0 Å². The summed E-state index contributed by atoms with van der Waals surface area (Å²) in [7, 11) is 0. The molecule has 1 aromatic carbocycles. The number of piperidine rings is 2. The Hall–Kier alpha value is -2.52. The fourth-order valence-corrected chi connectivity index (χ4v) is 4.97. The highest BCUT2D eigenvalue weighted by Gasteiger charge is 2.23. The second-order valence-electron chi connectivity index (χ2n) is 8.57. The number of anilines is 2. The van der Waals surface area contributed by atoms with Gasteiger partial charge in [0.15, 0.2) is 5.13 Å². The maximum Gasteiger partial charge on any atom is 0.293 e. The average molecular weight is 444 g/mol. The Morgan fingerprint density at radius 2 is 1.97 bits per heavy atom. The van der Waals surface area contributed by atoms with Crippen molar-refractivity contribution < 1.29 is 9.72 Å². The zero-order chi connectivity index (χ0) is 21.8. The molecule has 0 spiro atoms. The van der Waals surface area contributed by atoms with Crippen molar-refractivity contribution in [2.24, 2.45) is 5.92 Å². The highest BCUT2D eigenvalue weighted by molar-refractivity contribution is 7.14. The third-order valence-corrected chi connectivity index (χ3v) is 6.97. The molecule has 1 amide bonds. The topological polar surface area (TPSA) is 91.6 Å². The van der Waals surface area contributed by atoms with E-state index in [0.29, 0.717) is 10.8 Å². The summed E-state index contributed by atoms with van der Waals surface area (Å²) < 4.78 is 0. The van der Waals surface area contributed by atoms with Crippen LogP contribution in [0.1, 0.15) is 55.1 Å². The molecule has 0 aliphatic carbocycles. The fraction of sp³-hybridized carbons (Fsp3) is 0.545. The van der Waals surface area contributed by atoms with Crippen molar-refractivity contribution in [2.75, 3.05) is 36.4 Å². The van der Waals surface area contributed by atoms with Gasteiger partial charge in [-0.15, -0.1) is 11.3 Å². The molecular weight excluding hydrogens is 414 g/mol. The maximum atomic E-state index is 12.7. The molecule has 4 rings (SSSR count). The van der Waals surface area contributed by atoms with Gasteiger partial charge in [0.05, 0.1) is 10.6 Å². The summed E-state index contributed by atoms with van der Waals surface area (Å²) in [4.78, 5) is 32.9. The molecule has 2 aromatic rings. The van der Waals surface area contributed by atoms with Crippen molar-refractivity contribution in [1.29, 1.82) is 0 Å². The lowest BCUT2D eigenvalue weighted by atomic mass is 9.99. The molecule has 8 nitrogen and oxygen atoms in total. The number of amides is 1. The van der Waals surface area contributed by atoms with Crippen molar-refractivity contribution in [3.05, 3.63) is 45.0 Å². The molecule has 0 radical (unpaired) electrons. The molecule has 1 aromatic heterocycles. The molecule has 2 aliphatic heterocycles. The van der Waals surface area contributed by atoms with E-state index < -0.39 is 4.92 Å². The lowest BCUT2D eigenvalue weighted by molar-refractivity contribution is -0.384. The van der Waals surface area contributed by atoms with Gasteiger partial charge in [-0.25, -0.2) is 4.98 Å². The lowest BCUT2D eigenvalue weighted by Gasteiger charge is -2.29. The molecule has 2 aliphatic rings. The van der Waals surface area contributed by atoms with Crippen LogP contribution in [0.25, 0.3) is 0 Å². The highest BCUT2D eigenvalue weighted by atomic mass is 32.1. The van der Waals surface area contributed by atoms with Crippen LogP contribution in [0.5, 0.6) is 0 Å². The number of nitrogens with zero attached hydrogens (tertiary/aromatic N) is 4. The van der Waals surface area contributed by atoms with Crippen LogP contribution in [0.2, 0.25) is 0 Å². The van der Waals surface area contributed by atoms with Crippen molar-refractivity contribution in [2.45, 2.75) is 45.6 Å². The number of carbonyl (C=O) groups is 1. The third kappa shape index (κ3) is 5.40. The summed E-state index contributed by atoms with van der Waals surface area (Å²) in [6, 6.07) is 4.74. The van der Waals surface area contributed by atoms with Crippen LogP contribution < -0.4 is 10.2 Å². The summed E-state index contributed by atoms with van der Waals surface area (Å²) in [5.41, 5.74) is 1.79. The number of aromatic nitrogens is 1. The number of benzene rings is 1.